The standard InChI is InChI=1S/C15H24N6OS/c1-6-21-13(17-9-18-21)10(2)16-7-12(22)20-14-19-11(8-23-14)15(3,4)5/h8-10,16H,6-7H2,1-5H3,(H,19,20,22)/t10-/m0/s1. The van der Waals surface area contributed by atoms with Gasteiger partial charge in [0.25, 0.3) is 0 Å². The first-order valence-electron chi connectivity index (χ1n) is 7.68. The highest BCUT2D eigenvalue weighted by atomic mass is 32.1. The number of nitrogens with one attached hydrogen (secondary N) is 2. The van der Waals surface area contributed by atoms with Crippen molar-refractivity contribution in [1.82, 2.24) is 25.1 Å². The van der Waals surface area contributed by atoms with Crippen molar-refractivity contribution in [3.8, 4) is 0 Å². The lowest BCUT2D eigenvalue weighted by Gasteiger charge is -2.14. The van der Waals surface area contributed by atoms with Crippen LogP contribution in [-0.2, 0) is 16.8 Å². The third kappa shape index (κ3) is 4.59. The molecule has 2 aromatic heterocycles. The number of carbonyl (C=O) groups is 1. The summed E-state index contributed by atoms with van der Waals surface area (Å²) in [4.78, 5) is 20.7. The number of hydrogen-bond acceptors (Lipinski definition) is 6. The van der Waals surface area contributed by atoms with Crippen molar-refractivity contribution < 1.29 is 4.79 Å². The van der Waals surface area contributed by atoms with Gasteiger partial charge in [0, 0.05) is 17.3 Å². The molecule has 2 rings (SSSR count). The van der Waals surface area contributed by atoms with E-state index in [1.165, 1.54) is 17.7 Å². The van der Waals surface area contributed by atoms with Crippen LogP contribution >= 0.6 is 11.3 Å². The third-order valence-electron chi connectivity index (χ3n) is 3.42. The summed E-state index contributed by atoms with van der Waals surface area (Å²) >= 11 is 1.45. The van der Waals surface area contributed by atoms with E-state index in [4.69, 9.17) is 0 Å². The van der Waals surface area contributed by atoms with E-state index in [9.17, 15) is 4.79 Å². The quantitative estimate of drug-likeness (QED) is 0.846. The molecule has 0 unspecified atom stereocenters. The number of aromatic nitrogens is 4. The number of hydrogen-bond donors (Lipinski definition) is 2. The van der Waals surface area contributed by atoms with Crippen molar-refractivity contribution in [2.75, 3.05) is 11.9 Å². The summed E-state index contributed by atoms with van der Waals surface area (Å²) in [6.07, 6.45) is 1.53. The highest BCUT2D eigenvalue weighted by molar-refractivity contribution is 7.13. The van der Waals surface area contributed by atoms with Crippen LogP contribution in [0.2, 0.25) is 0 Å². The molecule has 1 amide bonds. The van der Waals surface area contributed by atoms with Gasteiger partial charge in [-0.25, -0.2) is 14.6 Å². The highest BCUT2D eigenvalue weighted by Crippen LogP contribution is 2.26. The predicted molar refractivity (Wildman–Crippen MR) is 91.6 cm³/mol. The molecule has 0 saturated heterocycles. The normalized spacial score (nSPS) is 13.1. The maximum absolute atomic E-state index is 12.1. The van der Waals surface area contributed by atoms with Gasteiger partial charge in [0.15, 0.2) is 5.13 Å². The van der Waals surface area contributed by atoms with E-state index >= 15 is 0 Å². The van der Waals surface area contributed by atoms with Crippen LogP contribution in [0.15, 0.2) is 11.7 Å². The second-order valence-corrected chi connectivity index (χ2v) is 7.23. The lowest BCUT2D eigenvalue weighted by molar-refractivity contribution is -0.115. The van der Waals surface area contributed by atoms with Crippen LogP contribution in [0.1, 0.15) is 52.2 Å². The zero-order valence-corrected chi connectivity index (χ0v) is 15.1. The van der Waals surface area contributed by atoms with E-state index in [2.05, 4.69) is 46.5 Å². The summed E-state index contributed by atoms with van der Waals surface area (Å²) in [5.41, 5.74) is 0.964. The molecule has 2 aromatic rings. The van der Waals surface area contributed by atoms with Gasteiger partial charge in [-0.3, -0.25) is 10.1 Å². The molecule has 0 radical (unpaired) electrons. The van der Waals surface area contributed by atoms with Crippen molar-refractivity contribution in [3.63, 3.8) is 0 Å². The van der Waals surface area contributed by atoms with Gasteiger partial charge in [-0.15, -0.1) is 11.3 Å². The Labute approximate surface area is 140 Å². The smallest absolute Gasteiger partial charge is 0.240 e. The Morgan fingerprint density at radius 1 is 1.43 bits per heavy atom. The zero-order valence-electron chi connectivity index (χ0n) is 14.3. The van der Waals surface area contributed by atoms with Gasteiger partial charge in [0.05, 0.1) is 18.3 Å². The molecule has 23 heavy (non-hydrogen) atoms. The van der Waals surface area contributed by atoms with Crippen LogP contribution in [0, 0.1) is 0 Å². The van der Waals surface area contributed by atoms with Gasteiger partial charge in [-0.2, -0.15) is 5.10 Å². The number of carbonyl (C=O) groups excluding carboxylic acids is 1. The molecule has 0 bridgehead atoms. The molecular formula is C15H24N6OS. The third-order valence-corrected chi connectivity index (χ3v) is 4.18. The topological polar surface area (TPSA) is 84.7 Å². The summed E-state index contributed by atoms with van der Waals surface area (Å²) in [5.74, 6) is 0.707. The molecule has 7 nitrogen and oxygen atoms in total. The fraction of sp³-hybridized carbons (Fsp3) is 0.600. The minimum atomic E-state index is -0.116. The molecular weight excluding hydrogens is 312 g/mol. The SMILES string of the molecule is CCn1ncnc1[C@H](C)NCC(=O)Nc1nc(C(C)(C)C)cs1. The lowest BCUT2D eigenvalue weighted by atomic mass is 9.93. The summed E-state index contributed by atoms with van der Waals surface area (Å²) in [7, 11) is 0. The van der Waals surface area contributed by atoms with Gasteiger partial charge in [0.1, 0.15) is 12.2 Å². The number of thiazole rings is 1. The van der Waals surface area contributed by atoms with Crippen LogP contribution in [0.25, 0.3) is 0 Å². The van der Waals surface area contributed by atoms with E-state index in [1.807, 2.05) is 23.9 Å². The first-order valence-corrected chi connectivity index (χ1v) is 8.56. The summed E-state index contributed by atoms with van der Waals surface area (Å²) in [5, 5.41) is 12.7. The first kappa shape index (κ1) is 17.6. The molecule has 0 saturated carbocycles. The second-order valence-electron chi connectivity index (χ2n) is 6.37. The van der Waals surface area contributed by atoms with Gasteiger partial charge in [-0.1, -0.05) is 20.8 Å². The van der Waals surface area contributed by atoms with E-state index in [0.29, 0.717) is 5.13 Å². The van der Waals surface area contributed by atoms with Crippen LogP contribution in [0.3, 0.4) is 0 Å². The molecule has 1 atom stereocenters. The van der Waals surface area contributed by atoms with Gasteiger partial charge in [0.2, 0.25) is 5.91 Å². The summed E-state index contributed by atoms with van der Waals surface area (Å²) < 4.78 is 1.81. The fourth-order valence-electron chi connectivity index (χ4n) is 2.03. The maximum atomic E-state index is 12.1. The molecule has 2 N–H and O–H groups in total. The molecule has 0 aliphatic carbocycles. The van der Waals surface area contributed by atoms with E-state index in [0.717, 1.165) is 18.1 Å². The van der Waals surface area contributed by atoms with Gasteiger partial charge >= 0.3 is 0 Å². The minimum absolute atomic E-state index is 0.0174. The van der Waals surface area contributed by atoms with Crippen molar-refractivity contribution in [2.24, 2.45) is 0 Å². The second kappa shape index (κ2) is 7.18. The summed E-state index contributed by atoms with van der Waals surface area (Å²) in [6.45, 7) is 11.2. The van der Waals surface area contributed by atoms with Gasteiger partial charge in [-0.05, 0) is 13.8 Å². The van der Waals surface area contributed by atoms with E-state index in [1.54, 1.807) is 0 Å². The molecule has 126 valence electrons. The van der Waals surface area contributed by atoms with Crippen molar-refractivity contribution in [3.05, 3.63) is 23.2 Å². The summed E-state index contributed by atoms with van der Waals surface area (Å²) in [6, 6.07) is -0.0513. The van der Waals surface area contributed by atoms with Crippen LogP contribution in [-0.4, -0.2) is 32.2 Å². The van der Waals surface area contributed by atoms with Crippen LogP contribution in [0.5, 0.6) is 0 Å². The Kier molecular flexibility index (Phi) is 5.48. The predicted octanol–water partition coefficient (Wildman–Crippen LogP) is 2.34. The lowest BCUT2D eigenvalue weighted by Crippen LogP contribution is -2.31. The van der Waals surface area contributed by atoms with Gasteiger partial charge < -0.3 is 5.32 Å². The number of nitrogens with zero attached hydrogens (tertiary/aromatic N) is 4. The van der Waals surface area contributed by atoms with Crippen LogP contribution < -0.4 is 10.6 Å². The molecule has 0 aliphatic heterocycles. The molecule has 0 spiro atoms. The zero-order chi connectivity index (χ0) is 17.0. The Bertz CT molecular complexity index is 657. The molecule has 0 aliphatic rings. The van der Waals surface area contributed by atoms with Crippen LogP contribution in [0.4, 0.5) is 5.13 Å². The molecule has 0 aromatic carbocycles. The average molecular weight is 336 g/mol. The van der Waals surface area contributed by atoms with Crippen molar-refractivity contribution >= 4 is 22.4 Å². The molecule has 0 fully saturated rings. The monoisotopic (exact) mass is 336 g/mol. The first-order chi connectivity index (χ1) is 10.8. The maximum Gasteiger partial charge on any atom is 0.240 e. The van der Waals surface area contributed by atoms with E-state index < -0.39 is 0 Å². The Morgan fingerprint density at radius 2 is 2.17 bits per heavy atom. The van der Waals surface area contributed by atoms with E-state index in [-0.39, 0.29) is 23.9 Å². The minimum Gasteiger partial charge on any atom is -0.301 e. The Balaban J connectivity index is 1.87. The number of amides is 1. The number of anilines is 1. The van der Waals surface area contributed by atoms with Crippen molar-refractivity contribution in [1.29, 1.82) is 0 Å². The fourth-order valence-corrected chi connectivity index (χ4v) is 2.98. The highest BCUT2D eigenvalue weighted by Gasteiger charge is 2.18. The number of rotatable bonds is 6. The largest absolute Gasteiger partial charge is 0.301 e. The Hall–Kier alpha value is -1.80. The number of aryl methyl sites for hydroxylation is 1. The Morgan fingerprint density at radius 3 is 2.78 bits per heavy atom. The average Bonchev–Trinajstić information content (AvgIpc) is 3.12. The molecule has 8 heteroatoms. The molecule has 2 heterocycles. The van der Waals surface area contributed by atoms with Crippen molar-refractivity contribution in [2.45, 2.75) is 52.6 Å².